The summed E-state index contributed by atoms with van der Waals surface area (Å²) in [6, 6.07) is 7.73. The van der Waals surface area contributed by atoms with Crippen LogP contribution in [0.1, 0.15) is 18.4 Å². The van der Waals surface area contributed by atoms with Crippen LogP contribution in [-0.4, -0.2) is 11.5 Å². The van der Waals surface area contributed by atoms with Crippen LogP contribution in [0.15, 0.2) is 24.4 Å². The average Bonchev–Trinajstić information content (AvgIpc) is 3.19. The second-order valence-corrected chi connectivity index (χ2v) is 5.08. The standard InChI is InChI=1S/C14H12ClN3/c15-11-3-4-13-12(5-11)14(10(6-16)8-17-13)18-7-9-1-2-9/h3-5,8-9H,1-2,7H2,(H,17,18). The van der Waals surface area contributed by atoms with Crippen molar-refractivity contribution in [1.29, 1.82) is 5.26 Å². The summed E-state index contributed by atoms with van der Waals surface area (Å²) in [6.07, 6.45) is 4.17. The fourth-order valence-corrected chi connectivity index (χ4v) is 2.18. The lowest BCUT2D eigenvalue weighted by Crippen LogP contribution is -2.06. The molecular formula is C14H12ClN3. The van der Waals surface area contributed by atoms with E-state index in [0.29, 0.717) is 10.6 Å². The Morgan fingerprint density at radius 2 is 2.28 bits per heavy atom. The van der Waals surface area contributed by atoms with Crippen LogP contribution >= 0.6 is 11.6 Å². The molecule has 1 N–H and O–H groups in total. The first-order valence-corrected chi connectivity index (χ1v) is 6.38. The number of fused-ring (bicyclic) bond motifs is 1. The summed E-state index contributed by atoms with van der Waals surface area (Å²) in [5.74, 6) is 0.749. The van der Waals surface area contributed by atoms with Gasteiger partial charge in [0.1, 0.15) is 6.07 Å². The Morgan fingerprint density at radius 1 is 1.44 bits per heavy atom. The molecule has 2 aromatic rings. The number of hydrogen-bond donors (Lipinski definition) is 1. The molecule has 0 spiro atoms. The fourth-order valence-electron chi connectivity index (χ4n) is 2.01. The molecule has 1 fully saturated rings. The van der Waals surface area contributed by atoms with Crippen molar-refractivity contribution in [3.63, 3.8) is 0 Å². The van der Waals surface area contributed by atoms with Crippen LogP contribution in [0.4, 0.5) is 5.69 Å². The number of pyridine rings is 1. The molecule has 90 valence electrons. The number of nitrogens with one attached hydrogen (secondary N) is 1. The highest BCUT2D eigenvalue weighted by Gasteiger charge is 2.21. The Balaban J connectivity index is 2.10. The molecule has 0 aliphatic heterocycles. The molecule has 0 bridgehead atoms. The number of halogens is 1. The summed E-state index contributed by atoms with van der Waals surface area (Å²) in [6.45, 7) is 0.917. The topological polar surface area (TPSA) is 48.7 Å². The molecule has 0 radical (unpaired) electrons. The molecule has 0 atom stereocenters. The molecule has 1 saturated carbocycles. The van der Waals surface area contributed by atoms with Crippen LogP contribution < -0.4 is 5.32 Å². The predicted octanol–water partition coefficient (Wildman–Crippen LogP) is 3.58. The van der Waals surface area contributed by atoms with Crippen molar-refractivity contribution >= 4 is 28.2 Å². The lowest BCUT2D eigenvalue weighted by molar-refractivity contribution is 0.890. The van der Waals surface area contributed by atoms with Crippen LogP contribution in [0.3, 0.4) is 0 Å². The number of anilines is 1. The van der Waals surface area contributed by atoms with Crippen LogP contribution in [0.2, 0.25) is 5.02 Å². The van der Waals surface area contributed by atoms with E-state index in [1.165, 1.54) is 12.8 Å². The number of rotatable bonds is 3. The highest BCUT2D eigenvalue weighted by Crippen LogP contribution is 2.32. The summed E-state index contributed by atoms with van der Waals surface area (Å²) < 4.78 is 0. The smallest absolute Gasteiger partial charge is 0.103 e. The third kappa shape index (κ3) is 2.12. The van der Waals surface area contributed by atoms with Gasteiger partial charge in [0.05, 0.1) is 16.8 Å². The zero-order valence-corrected chi connectivity index (χ0v) is 10.5. The van der Waals surface area contributed by atoms with Crippen LogP contribution in [0, 0.1) is 17.2 Å². The van der Waals surface area contributed by atoms with Gasteiger partial charge in [0.25, 0.3) is 0 Å². The van der Waals surface area contributed by atoms with Crippen molar-refractivity contribution in [1.82, 2.24) is 4.98 Å². The summed E-state index contributed by atoms with van der Waals surface area (Å²) in [5.41, 5.74) is 2.29. The van der Waals surface area contributed by atoms with Crippen molar-refractivity contribution < 1.29 is 0 Å². The zero-order valence-electron chi connectivity index (χ0n) is 9.78. The fraction of sp³-hybridized carbons (Fsp3) is 0.286. The van der Waals surface area contributed by atoms with Crippen molar-refractivity contribution in [2.24, 2.45) is 5.92 Å². The Labute approximate surface area is 110 Å². The number of nitrogens with zero attached hydrogens (tertiary/aromatic N) is 2. The molecule has 4 heteroatoms. The van der Waals surface area contributed by atoms with Crippen LogP contribution in [0.25, 0.3) is 10.9 Å². The summed E-state index contributed by atoms with van der Waals surface area (Å²) in [7, 11) is 0. The van der Waals surface area contributed by atoms with E-state index in [0.717, 1.165) is 29.1 Å². The monoisotopic (exact) mass is 257 g/mol. The molecule has 0 saturated heterocycles. The lowest BCUT2D eigenvalue weighted by atomic mass is 10.1. The Kier molecular flexibility index (Phi) is 2.81. The predicted molar refractivity (Wildman–Crippen MR) is 72.7 cm³/mol. The third-order valence-corrected chi connectivity index (χ3v) is 3.45. The van der Waals surface area contributed by atoms with Gasteiger partial charge in [-0.1, -0.05) is 11.6 Å². The number of nitriles is 1. The highest BCUT2D eigenvalue weighted by molar-refractivity contribution is 6.31. The molecule has 1 aliphatic carbocycles. The molecule has 18 heavy (non-hydrogen) atoms. The van der Waals surface area contributed by atoms with Crippen molar-refractivity contribution in [2.45, 2.75) is 12.8 Å². The summed E-state index contributed by atoms with van der Waals surface area (Å²) >= 11 is 6.02. The number of benzene rings is 1. The van der Waals surface area contributed by atoms with Gasteiger partial charge in [-0.05, 0) is 37.0 Å². The first kappa shape index (κ1) is 11.3. The molecule has 1 aromatic carbocycles. The van der Waals surface area contributed by atoms with Gasteiger partial charge < -0.3 is 5.32 Å². The maximum absolute atomic E-state index is 9.17. The van der Waals surface area contributed by atoms with E-state index < -0.39 is 0 Å². The molecule has 1 heterocycles. The molecule has 1 aliphatic rings. The molecular weight excluding hydrogens is 246 g/mol. The van der Waals surface area contributed by atoms with Gasteiger partial charge in [0.2, 0.25) is 0 Å². The quantitative estimate of drug-likeness (QED) is 0.914. The highest BCUT2D eigenvalue weighted by atomic mass is 35.5. The minimum absolute atomic E-state index is 0.574. The molecule has 0 unspecified atom stereocenters. The van der Waals surface area contributed by atoms with Gasteiger partial charge >= 0.3 is 0 Å². The van der Waals surface area contributed by atoms with Crippen molar-refractivity contribution in [2.75, 3.05) is 11.9 Å². The Bertz CT molecular complexity index is 641. The third-order valence-electron chi connectivity index (χ3n) is 3.21. The van der Waals surface area contributed by atoms with E-state index in [2.05, 4.69) is 16.4 Å². The largest absolute Gasteiger partial charge is 0.383 e. The SMILES string of the molecule is N#Cc1cnc2ccc(Cl)cc2c1NCC1CC1. The minimum Gasteiger partial charge on any atom is -0.383 e. The van der Waals surface area contributed by atoms with Gasteiger partial charge in [-0.2, -0.15) is 5.26 Å². The first-order valence-electron chi connectivity index (χ1n) is 6.00. The van der Waals surface area contributed by atoms with Gasteiger partial charge in [-0.3, -0.25) is 4.98 Å². The number of hydrogen-bond acceptors (Lipinski definition) is 3. The van der Waals surface area contributed by atoms with Crippen molar-refractivity contribution in [3.05, 3.63) is 35.0 Å². The molecule has 0 amide bonds. The van der Waals surface area contributed by atoms with E-state index in [-0.39, 0.29) is 0 Å². The first-order chi connectivity index (χ1) is 8.78. The minimum atomic E-state index is 0.574. The molecule has 3 nitrogen and oxygen atoms in total. The molecule has 1 aromatic heterocycles. The van der Waals surface area contributed by atoms with Gasteiger partial charge in [-0.15, -0.1) is 0 Å². The van der Waals surface area contributed by atoms with Gasteiger partial charge in [0.15, 0.2) is 0 Å². The summed E-state index contributed by atoms with van der Waals surface area (Å²) in [5, 5.41) is 14.1. The average molecular weight is 258 g/mol. The van der Waals surface area contributed by atoms with E-state index >= 15 is 0 Å². The maximum atomic E-state index is 9.17. The number of aromatic nitrogens is 1. The maximum Gasteiger partial charge on any atom is 0.103 e. The Hall–Kier alpha value is -1.79. The zero-order chi connectivity index (χ0) is 12.5. The Morgan fingerprint density at radius 3 is 3.00 bits per heavy atom. The normalized spacial score (nSPS) is 14.4. The van der Waals surface area contributed by atoms with E-state index in [9.17, 15) is 0 Å². The molecule has 3 rings (SSSR count). The summed E-state index contributed by atoms with van der Waals surface area (Å²) in [4.78, 5) is 4.28. The van der Waals surface area contributed by atoms with Crippen LogP contribution in [-0.2, 0) is 0 Å². The second-order valence-electron chi connectivity index (χ2n) is 4.64. The lowest BCUT2D eigenvalue weighted by Gasteiger charge is -2.11. The van der Waals surface area contributed by atoms with Gasteiger partial charge in [-0.25, -0.2) is 0 Å². The van der Waals surface area contributed by atoms with E-state index in [4.69, 9.17) is 16.9 Å². The van der Waals surface area contributed by atoms with Crippen LogP contribution in [0.5, 0.6) is 0 Å². The van der Waals surface area contributed by atoms with Crippen molar-refractivity contribution in [3.8, 4) is 6.07 Å². The second kappa shape index (κ2) is 4.47. The van der Waals surface area contributed by atoms with Gasteiger partial charge in [0, 0.05) is 23.2 Å². The van der Waals surface area contributed by atoms with E-state index in [1.54, 1.807) is 6.20 Å². The van der Waals surface area contributed by atoms with E-state index in [1.807, 2.05) is 18.2 Å².